The molecule has 0 fully saturated rings. The van der Waals surface area contributed by atoms with Crippen molar-refractivity contribution < 1.29 is 4.74 Å². The molecule has 5 rings (SSSR count). The molecule has 0 atom stereocenters. The van der Waals surface area contributed by atoms with Gasteiger partial charge in [0, 0.05) is 16.6 Å². The van der Waals surface area contributed by atoms with Gasteiger partial charge < -0.3 is 14.7 Å². The van der Waals surface area contributed by atoms with Gasteiger partial charge in [0.15, 0.2) is 5.75 Å². The summed E-state index contributed by atoms with van der Waals surface area (Å²) in [7, 11) is 1.79. The Bertz CT molecular complexity index is 1750. The maximum Gasteiger partial charge on any atom is 0.168 e. The van der Waals surface area contributed by atoms with Gasteiger partial charge in [0.1, 0.15) is 5.69 Å². The van der Waals surface area contributed by atoms with E-state index >= 15 is 0 Å². The molecular formula is C37H48N4O. The molecule has 8 bridgehead atoms. The number of nitrogens with one attached hydrogen (secondary N) is 2. The Labute approximate surface area is 251 Å². The van der Waals surface area contributed by atoms with Crippen molar-refractivity contribution in [2.45, 2.75) is 107 Å². The normalized spacial score (nSPS) is 13.5. The Morgan fingerprint density at radius 2 is 0.905 bits per heavy atom. The number of H-pyrrole nitrogens is 2. The lowest BCUT2D eigenvalue weighted by molar-refractivity contribution is 0.415. The van der Waals surface area contributed by atoms with Crippen LogP contribution in [0.3, 0.4) is 0 Å². The van der Waals surface area contributed by atoms with Crippen LogP contribution in [0.4, 0.5) is 0 Å². The molecule has 3 aromatic rings. The molecule has 0 aromatic carbocycles. The van der Waals surface area contributed by atoms with Crippen molar-refractivity contribution in [3.8, 4) is 5.75 Å². The van der Waals surface area contributed by atoms with Crippen molar-refractivity contribution in [1.82, 2.24) is 19.9 Å². The maximum atomic E-state index is 6.26. The highest BCUT2D eigenvalue weighted by Gasteiger charge is 2.25. The van der Waals surface area contributed by atoms with E-state index < -0.39 is 0 Å². The van der Waals surface area contributed by atoms with Crippen molar-refractivity contribution in [2.75, 3.05) is 7.11 Å². The summed E-state index contributed by atoms with van der Waals surface area (Å²) in [6.07, 6.45) is 7.50. The first-order valence-electron chi connectivity index (χ1n) is 16.2. The van der Waals surface area contributed by atoms with Crippen LogP contribution in [0, 0.1) is 0 Å². The summed E-state index contributed by atoms with van der Waals surface area (Å²) in [4.78, 5) is 18.3. The number of aryl methyl sites for hydroxylation is 4. The van der Waals surface area contributed by atoms with Gasteiger partial charge >= 0.3 is 0 Å². The lowest BCUT2D eigenvalue weighted by atomic mass is 9.98. The first-order chi connectivity index (χ1) is 20.4. The smallest absolute Gasteiger partial charge is 0.168 e. The van der Waals surface area contributed by atoms with Crippen molar-refractivity contribution in [3.63, 3.8) is 0 Å². The average molecular weight is 565 g/mol. The minimum atomic E-state index is 0.839. The van der Waals surface area contributed by atoms with Gasteiger partial charge in [-0.1, -0.05) is 55.4 Å². The number of fused-ring (bicyclic) bond motifs is 8. The standard InChI is InChI=1S/C37H48N4O/c1-10-21-23(12-3)31-19-33-25(14-5)27(16-7)35(40-33)37(42-9)36-28(17-8)26(15-6)34(41-36)20-32-24(13-4)22(11-2)30(39-32)18-29(21)38-31/h18-20,38,41H,10-17H2,1-9H3. The van der Waals surface area contributed by atoms with E-state index in [-0.39, 0.29) is 0 Å². The predicted octanol–water partition coefficient (Wildman–Crippen LogP) is 10.0. The molecule has 0 unspecified atom stereocenters. The quantitative estimate of drug-likeness (QED) is 0.272. The van der Waals surface area contributed by atoms with Crippen LogP contribution in [0.15, 0.2) is 18.2 Å². The van der Waals surface area contributed by atoms with Crippen LogP contribution >= 0.6 is 0 Å². The third kappa shape index (κ3) is 4.71. The van der Waals surface area contributed by atoms with Gasteiger partial charge in [-0.3, -0.25) is 0 Å². The largest absolute Gasteiger partial charge is 0.492 e. The van der Waals surface area contributed by atoms with Crippen LogP contribution in [0.2, 0.25) is 0 Å². The fraction of sp³-hybridized carbons (Fsp3) is 0.459. The molecule has 0 radical (unpaired) electrons. The van der Waals surface area contributed by atoms with E-state index in [1.165, 1.54) is 50.1 Å². The molecule has 2 aliphatic heterocycles. The first-order valence-corrected chi connectivity index (χ1v) is 16.2. The summed E-state index contributed by atoms with van der Waals surface area (Å²) in [5.41, 5.74) is 19.3. The predicted molar refractivity (Wildman–Crippen MR) is 180 cm³/mol. The summed E-state index contributed by atoms with van der Waals surface area (Å²) in [5, 5.41) is 0. The Kier molecular flexibility index (Phi) is 8.77. The first kappa shape index (κ1) is 29.9. The van der Waals surface area contributed by atoms with E-state index in [1.807, 2.05) is 0 Å². The van der Waals surface area contributed by atoms with Crippen LogP contribution in [0.25, 0.3) is 44.4 Å². The minimum absolute atomic E-state index is 0.839. The monoisotopic (exact) mass is 564 g/mol. The number of rotatable bonds is 9. The fourth-order valence-corrected chi connectivity index (χ4v) is 7.35. The second kappa shape index (κ2) is 12.3. The van der Waals surface area contributed by atoms with E-state index in [0.717, 1.165) is 96.4 Å². The number of hydrogen-bond donors (Lipinski definition) is 2. The summed E-state index contributed by atoms with van der Waals surface area (Å²) in [6, 6.07) is 6.86. The third-order valence-corrected chi connectivity index (χ3v) is 9.27. The van der Waals surface area contributed by atoms with Crippen LogP contribution in [0.1, 0.15) is 126 Å². The number of methoxy groups -OCH3 is 1. The zero-order valence-electron chi connectivity index (χ0n) is 27.2. The van der Waals surface area contributed by atoms with Crippen molar-refractivity contribution >= 4 is 44.4 Å². The molecule has 0 amide bonds. The third-order valence-electron chi connectivity index (χ3n) is 9.27. The molecule has 0 spiro atoms. The molecule has 2 N–H and O–H groups in total. The summed E-state index contributed by atoms with van der Waals surface area (Å²) in [6.45, 7) is 18.0. The molecule has 3 aromatic heterocycles. The SMILES string of the molecule is CCC1=C(CC)c2cc3[nH]c(c(CC)c3CC)c(OC)c3nc(cc4[nH]c(cc1n2)c(CC)c4CC)C(CC)=C3CC. The zero-order valence-corrected chi connectivity index (χ0v) is 27.2. The highest BCUT2D eigenvalue weighted by molar-refractivity contribution is 5.97. The number of allylic oxidation sites excluding steroid dienone is 4. The van der Waals surface area contributed by atoms with Gasteiger partial charge in [-0.05, 0) is 114 Å². The van der Waals surface area contributed by atoms with Crippen molar-refractivity contribution in [1.29, 1.82) is 0 Å². The van der Waals surface area contributed by atoms with Gasteiger partial charge in [0.25, 0.3) is 0 Å². The maximum absolute atomic E-state index is 6.26. The van der Waals surface area contributed by atoms with Gasteiger partial charge in [-0.2, -0.15) is 0 Å². The molecule has 5 heterocycles. The molecule has 2 aliphatic rings. The van der Waals surface area contributed by atoms with Crippen molar-refractivity contribution in [2.24, 2.45) is 0 Å². The van der Waals surface area contributed by atoms with E-state index in [2.05, 4.69) is 83.6 Å². The van der Waals surface area contributed by atoms with Crippen LogP contribution in [-0.2, 0) is 25.7 Å². The Morgan fingerprint density at radius 3 is 1.33 bits per heavy atom. The topological polar surface area (TPSA) is 66.6 Å². The second-order valence-electron chi connectivity index (χ2n) is 11.2. The van der Waals surface area contributed by atoms with Crippen LogP contribution < -0.4 is 4.74 Å². The van der Waals surface area contributed by atoms with Gasteiger partial charge in [-0.25, -0.2) is 9.97 Å². The molecular weight excluding hydrogens is 516 g/mol. The van der Waals surface area contributed by atoms with Crippen LogP contribution in [-0.4, -0.2) is 27.0 Å². The second-order valence-corrected chi connectivity index (χ2v) is 11.2. The minimum Gasteiger partial charge on any atom is -0.492 e. The zero-order chi connectivity index (χ0) is 30.1. The van der Waals surface area contributed by atoms with E-state index in [9.17, 15) is 0 Å². The molecule has 0 saturated heterocycles. The van der Waals surface area contributed by atoms with E-state index in [1.54, 1.807) is 7.11 Å². The molecule has 42 heavy (non-hydrogen) atoms. The Hall–Kier alpha value is -3.60. The van der Waals surface area contributed by atoms with Crippen molar-refractivity contribution in [3.05, 3.63) is 63.2 Å². The average Bonchev–Trinajstić information content (AvgIpc) is 3.72. The van der Waals surface area contributed by atoms with E-state index in [4.69, 9.17) is 14.7 Å². The molecule has 0 aliphatic carbocycles. The Morgan fingerprint density at radius 1 is 0.500 bits per heavy atom. The molecule has 0 saturated carbocycles. The van der Waals surface area contributed by atoms with Gasteiger partial charge in [0.05, 0.1) is 29.7 Å². The van der Waals surface area contributed by atoms with Crippen LogP contribution in [0.5, 0.6) is 5.75 Å². The summed E-state index contributed by atoms with van der Waals surface area (Å²) < 4.78 is 6.26. The number of nitrogens with zero attached hydrogens (tertiary/aromatic N) is 2. The van der Waals surface area contributed by atoms with E-state index in [0.29, 0.717) is 0 Å². The highest BCUT2D eigenvalue weighted by atomic mass is 16.5. The number of aromatic nitrogens is 4. The molecule has 5 nitrogen and oxygen atoms in total. The fourth-order valence-electron chi connectivity index (χ4n) is 7.35. The number of ether oxygens (including phenoxy) is 1. The lowest BCUT2D eigenvalue weighted by Crippen LogP contribution is -1.93. The number of hydrogen-bond acceptors (Lipinski definition) is 3. The summed E-state index contributed by atoms with van der Waals surface area (Å²) in [5.74, 6) is 0.839. The van der Waals surface area contributed by atoms with Gasteiger partial charge in [0.2, 0.25) is 0 Å². The van der Waals surface area contributed by atoms with Gasteiger partial charge in [-0.15, -0.1) is 0 Å². The Balaban J connectivity index is 2.09. The summed E-state index contributed by atoms with van der Waals surface area (Å²) >= 11 is 0. The molecule has 5 heteroatoms. The highest BCUT2D eigenvalue weighted by Crippen LogP contribution is 2.42. The lowest BCUT2D eigenvalue weighted by Gasteiger charge is -2.08. The number of aromatic amines is 2. The molecule has 222 valence electrons.